The molecule has 0 bridgehead atoms. The molecule has 1 aromatic rings. The molecule has 3 rings (SSSR count). The summed E-state index contributed by atoms with van der Waals surface area (Å²) in [7, 11) is 0. The molecule has 8 heteroatoms. The first kappa shape index (κ1) is 18.7. The molecule has 1 amide bonds. The van der Waals surface area contributed by atoms with Crippen LogP contribution >= 0.6 is 0 Å². The monoisotopic (exact) mass is 368 g/mol. The zero-order chi connectivity index (χ0) is 18.9. The van der Waals surface area contributed by atoms with E-state index < -0.39 is 35.3 Å². The molecule has 0 aliphatic carbocycles. The number of hydrogen-bond acceptors (Lipinski definition) is 4. The Morgan fingerprint density at radius 3 is 2.38 bits per heavy atom. The van der Waals surface area contributed by atoms with Gasteiger partial charge in [-0.25, -0.2) is 13.6 Å². The van der Waals surface area contributed by atoms with Crippen molar-refractivity contribution in [2.75, 3.05) is 26.2 Å². The van der Waals surface area contributed by atoms with Crippen LogP contribution in [0.2, 0.25) is 0 Å². The number of nitrogens with zero attached hydrogens (tertiary/aromatic N) is 2. The SMILES string of the molecule is CCCN1CCC2(CC1)OC[C@@H](C(=O)O)N2C(=O)c1cc(F)cc(F)c1. The van der Waals surface area contributed by atoms with Crippen LogP contribution in [0.5, 0.6) is 0 Å². The molecule has 2 aliphatic heterocycles. The summed E-state index contributed by atoms with van der Waals surface area (Å²) in [5.41, 5.74) is -1.26. The van der Waals surface area contributed by atoms with Crippen LogP contribution in [-0.4, -0.2) is 64.8 Å². The molecule has 2 saturated heterocycles. The summed E-state index contributed by atoms with van der Waals surface area (Å²) in [5, 5.41) is 9.51. The molecule has 2 heterocycles. The fourth-order valence-electron chi connectivity index (χ4n) is 3.81. The van der Waals surface area contributed by atoms with Crippen LogP contribution < -0.4 is 0 Å². The standard InChI is InChI=1S/C18H22F2N2O4/c1-2-5-21-6-3-18(4-7-21)22(15(11-26-18)17(24)25)16(23)12-8-13(19)10-14(20)9-12/h8-10,15H,2-7,11H2,1H3,(H,24,25)/t15-/m0/s1. The van der Waals surface area contributed by atoms with Gasteiger partial charge >= 0.3 is 5.97 Å². The topological polar surface area (TPSA) is 70.1 Å². The van der Waals surface area contributed by atoms with Crippen LogP contribution in [0.4, 0.5) is 8.78 Å². The van der Waals surface area contributed by atoms with E-state index in [1.54, 1.807) is 0 Å². The first-order valence-corrected chi connectivity index (χ1v) is 8.75. The van der Waals surface area contributed by atoms with Gasteiger partial charge < -0.3 is 14.7 Å². The molecule has 6 nitrogen and oxygen atoms in total. The van der Waals surface area contributed by atoms with E-state index in [1.165, 1.54) is 4.90 Å². The van der Waals surface area contributed by atoms with E-state index in [9.17, 15) is 23.5 Å². The third kappa shape index (κ3) is 3.43. The van der Waals surface area contributed by atoms with Gasteiger partial charge in [0.25, 0.3) is 5.91 Å². The highest BCUT2D eigenvalue weighted by molar-refractivity contribution is 5.97. The molecule has 1 spiro atoms. The third-order valence-corrected chi connectivity index (χ3v) is 5.05. The maximum atomic E-state index is 13.5. The maximum Gasteiger partial charge on any atom is 0.328 e. The highest BCUT2D eigenvalue weighted by Gasteiger charge is 2.54. The van der Waals surface area contributed by atoms with E-state index in [0.717, 1.165) is 25.1 Å². The number of carbonyl (C=O) groups excluding carboxylic acids is 1. The molecular weight excluding hydrogens is 346 g/mol. The lowest BCUT2D eigenvalue weighted by Crippen LogP contribution is -2.58. The van der Waals surface area contributed by atoms with Crippen molar-refractivity contribution in [3.63, 3.8) is 0 Å². The fourth-order valence-corrected chi connectivity index (χ4v) is 3.81. The largest absolute Gasteiger partial charge is 0.480 e. The number of benzene rings is 1. The van der Waals surface area contributed by atoms with Crippen LogP contribution in [0.3, 0.4) is 0 Å². The lowest BCUT2D eigenvalue weighted by Gasteiger charge is -2.44. The highest BCUT2D eigenvalue weighted by atomic mass is 19.1. The summed E-state index contributed by atoms with van der Waals surface area (Å²) < 4.78 is 32.9. The predicted molar refractivity (Wildman–Crippen MR) is 88.6 cm³/mol. The Kier molecular flexibility index (Phi) is 5.24. The van der Waals surface area contributed by atoms with Gasteiger partial charge in [-0.2, -0.15) is 0 Å². The number of carbonyl (C=O) groups is 2. The van der Waals surface area contributed by atoms with Crippen LogP contribution in [0, 0.1) is 11.6 Å². The van der Waals surface area contributed by atoms with E-state index in [-0.39, 0.29) is 12.2 Å². The van der Waals surface area contributed by atoms with Crippen molar-refractivity contribution >= 4 is 11.9 Å². The molecule has 0 unspecified atom stereocenters. The normalized spacial score (nSPS) is 22.7. The van der Waals surface area contributed by atoms with Crippen molar-refractivity contribution in [3.8, 4) is 0 Å². The summed E-state index contributed by atoms with van der Waals surface area (Å²) >= 11 is 0. The van der Waals surface area contributed by atoms with Crippen LogP contribution in [0.15, 0.2) is 18.2 Å². The Balaban J connectivity index is 1.91. The maximum absolute atomic E-state index is 13.5. The third-order valence-electron chi connectivity index (χ3n) is 5.05. The molecule has 1 aromatic carbocycles. The molecule has 0 saturated carbocycles. The molecule has 142 valence electrons. The molecule has 2 aliphatic rings. The smallest absolute Gasteiger partial charge is 0.328 e. The molecule has 0 aromatic heterocycles. The Labute approximate surface area is 150 Å². The van der Waals surface area contributed by atoms with Gasteiger partial charge in [0.1, 0.15) is 17.4 Å². The lowest BCUT2D eigenvalue weighted by atomic mass is 9.96. The lowest BCUT2D eigenvalue weighted by molar-refractivity contribution is -0.143. The molecule has 26 heavy (non-hydrogen) atoms. The van der Waals surface area contributed by atoms with Gasteiger partial charge in [-0.1, -0.05) is 6.92 Å². The summed E-state index contributed by atoms with van der Waals surface area (Å²) in [6, 6.07) is 1.34. The number of piperidine rings is 1. The first-order chi connectivity index (χ1) is 12.4. The Morgan fingerprint density at radius 1 is 1.23 bits per heavy atom. The molecule has 0 radical (unpaired) electrons. The molecule has 1 N–H and O–H groups in total. The van der Waals surface area contributed by atoms with E-state index >= 15 is 0 Å². The number of likely N-dealkylation sites (tertiary alicyclic amines) is 1. The fraction of sp³-hybridized carbons (Fsp3) is 0.556. The van der Waals surface area contributed by atoms with Gasteiger partial charge in [-0.15, -0.1) is 0 Å². The van der Waals surface area contributed by atoms with Gasteiger partial charge in [0, 0.05) is 37.6 Å². The van der Waals surface area contributed by atoms with Crippen LogP contribution in [-0.2, 0) is 9.53 Å². The number of hydrogen-bond donors (Lipinski definition) is 1. The van der Waals surface area contributed by atoms with E-state index in [4.69, 9.17) is 4.74 Å². The number of amides is 1. The van der Waals surface area contributed by atoms with Crippen LogP contribution in [0.25, 0.3) is 0 Å². The Morgan fingerprint density at radius 2 is 1.85 bits per heavy atom. The molecule has 1 atom stereocenters. The van der Waals surface area contributed by atoms with Gasteiger partial charge in [-0.05, 0) is 25.1 Å². The van der Waals surface area contributed by atoms with E-state index in [2.05, 4.69) is 11.8 Å². The van der Waals surface area contributed by atoms with Crippen LogP contribution in [0.1, 0.15) is 36.5 Å². The second-order valence-corrected chi connectivity index (χ2v) is 6.79. The van der Waals surface area contributed by atoms with Crippen molar-refractivity contribution in [3.05, 3.63) is 35.4 Å². The summed E-state index contributed by atoms with van der Waals surface area (Å²) in [6.07, 6.45) is 1.91. The average Bonchev–Trinajstić information content (AvgIpc) is 2.95. The highest BCUT2D eigenvalue weighted by Crippen LogP contribution is 2.38. The van der Waals surface area contributed by atoms with Crippen molar-refractivity contribution < 1.29 is 28.2 Å². The van der Waals surface area contributed by atoms with Crippen molar-refractivity contribution in [1.29, 1.82) is 0 Å². The van der Waals surface area contributed by atoms with E-state index in [1.807, 2.05) is 0 Å². The number of carboxylic acids is 1. The number of carboxylic acid groups (broad SMARTS) is 1. The van der Waals surface area contributed by atoms with Crippen molar-refractivity contribution in [1.82, 2.24) is 9.80 Å². The minimum absolute atomic E-state index is 0.132. The number of aliphatic carboxylic acids is 1. The zero-order valence-corrected chi connectivity index (χ0v) is 14.6. The zero-order valence-electron chi connectivity index (χ0n) is 14.6. The van der Waals surface area contributed by atoms with Gasteiger partial charge in [0.15, 0.2) is 6.04 Å². The first-order valence-electron chi connectivity index (χ1n) is 8.75. The van der Waals surface area contributed by atoms with Gasteiger partial charge in [0.05, 0.1) is 6.61 Å². The number of rotatable bonds is 4. The Bertz CT molecular complexity index is 684. The number of ether oxygens (including phenoxy) is 1. The van der Waals surface area contributed by atoms with Crippen molar-refractivity contribution in [2.24, 2.45) is 0 Å². The number of halogens is 2. The van der Waals surface area contributed by atoms with Gasteiger partial charge in [0.2, 0.25) is 0 Å². The summed E-state index contributed by atoms with van der Waals surface area (Å²) in [4.78, 5) is 28.0. The molecule has 2 fully saturated rings. The summed E-state index contributed by atoms with van der Waals surface area (Å²) in [5.74, 6) is -3.68. The molecular formula is C18H22F2N2O4. The second-order valence-electron chi connectivity index (χ2n) is 6.79. The Hall–Kier alpha value is -2.06. The minimum Gasteiger partial charge on any atom is -0.480 e. The van der Waals surface area contributed by atoms with Gasteiger partial charge in [-0.3, -0.25) is 9.69 Å². The quantitative estimate of drug-likeness (QED) is 0.881. The minimum atomic E-state index is -1.19. The second kappa shape index (κ2) is 7.28. The van der Waals surface area contributed by atoms with Crippen molar-refractivity contribution in [2.45, 2.75) is 38.0 Å². The average molecular weight is 368 g/mol. The van der Waals surface area contributed by atoms with E-state index in [0.29, 0.717) is 32.0 Å². The summed E-state index contributed by atoms with van der Waals surface area (Å²) in [6.45, 7) is 4.20. The predicted octanol–water partition coefficient (Wildman–Crippen LogP) is 2.09.